The maximum absolute atomic E-state index is 14.3. The van der Waals surface area contributed by atoms with Crippen LogP contribution in [0.5, 0.6) is 11.5 Å². The van der Waals surface area contributed by atoms with Gasteiger partial charge in [0.15, 0.2) is 11.6 Å². The normalized spacial score (nSPS) is 14.4. The first-order valence-corrected chi connectivity index (χ1v) is 9.99. The zero-order valence-corrected chi connectivity index (χ0v) is 17.2. The van der Waals surface area contributed by atoms with E-state index < -0.39 is 5.82 Å². The second kappa shape index (κ2) is 11.0. The summed E-state index contributed by atoms with van der Waals surface area (Å²) in [6, 6.07) is 7.90. The number of nitrogens with zero attached hydrogens (tertiary/aromatic N) is 3. The molecule has 31 heavy (non-hydrogen) atoms. The van der Waals surface area contributed by atoms with Gasteiger partial charge in [0.25, 0.3) is 0 Å². The van der Waals surface area contributed by atoms with Crippen LogP contribution in [-0.4, -0.2) is 65.9 Å². The minimum Gasteiger partial charge on any atom is -0.453 e. The number of benzene rings is 1. The van der Waals surface area contributed by atoms with Gasteiger partial charge in [0.2, 0.25) is 11.8 Å². The summed E-state index contributed by atoms with van der Waals surface area (Å²) in [7, 11) is 0. The van der Waals surface area contributed by atoms with Gasteiger partial charge < -0.3 is 15.0 Å². The van der Waals surface area contributed by atoms with E-state index in [-0.39, 0.29) is 17.6 Å². The minimum absolute atomic E-state index is 0.0578. The van der Waals surface area contributed by atoms with Crippen LogP contribution >= 0.6 is 0 Å². The van der Waals surface area contributed by atoms with Gasteiger partial charge in [-0.25, -0.2) is 4.39 Å². The average molecular weight is 424 g/mol. The summed E-state index contributed by atoms with van der Waals surface area (Å²) in [5.74, 6) is -0.201. The van der Waals surface area contributed by atoms with Crippen LogP contribution in [0.2, 0.25) is 0 Å². The Kier molecular flexibility index (Phi) is 7.89. The van der Waals surface area contributed by atoms with Gasteiger partial charge in [0.1, 0.15) is 5.75 Å². The number of aromatic nitrogens is 1. The Balaban J connectivity index is 1.49. The summed E-state index contributed by atoms with van der Waals surface area (Å²) < 4.78 is 19.8. The second-order valence-electron chi connectivity index (χ2n) is 7.01. The molecule has 0 unspecified atom stereocenters. The molecule has 0 bridgehead atoms. The van der Waals surface area contributed by atoms with Crippen molar-refractivity contribution in [2.45, 2.75) is 0 Å². The second-order valence-corrected chi connectivity index (χ2v) is 7.01. The lowest BCUT2D eigenvalue weighted by Crippen LogP contribution is -2.50. The Morgan fingerprint density at radius 2 is 2.03 bits per heavy atom. The van der Waals surface area contributed by atoms with E-state index in [0.717, 1.165) is 0 Å². The molecule has 1 aliphatic heterocycles. The van der Waals surface area contributed by atoms with Crippen LogP contribution < -0.4 is 10.1 Å². The van der Waals surface area contributed by atoms with Crippen molar-refractivity contribution in [1.29, 1.82) is 0 Å². The quantitative estimate of drug-likeness (QED) is 0.521. The summed E-state index contributed by atoms with van der Waals surface area (Å²) in [4.78, 5) is 31.8. The summed E-state index contributed by atoms with van der Waals surface area (Å²) in [6.07, 6.45) is 7.75. The van der Waals surface area contributed by atoms with Crippen LogP contribution in [0.3, 0.4) is 0 Å². The van der Waals surface area contributed by atoms with Gasteiger partial charge in [0, 0.05) is 45.0 Å². The number of pyridine rings is 1. The fourth-order valence-electron chi connectivity index (χ4n) is 3.08. The van der Waals surface area contributed by atoms with E-state index in [4.69, 9.17) is 4.74 Å². The number of rotatable bonds is 8. The molecule has 0 radical (unpaired) electrons. The molecule has 162 valence electrons. The Hall–Kier alpha value is -3.52. The number of hydrogen-bond donors (Lipinski definition) is 1. The summed E-state index contributed by atoms with van der Waals surface area (Å²) in [5.41, 5.74) is 0.557. The Morgan fingerprint density at radius 3 is 2.71 bits per heavy atom. The van der Waals surface area contributed by atoms with Gasteiger partial charge in [-0.2, -0.15) is 0 Å². The number of carbonyl (C=O) groups excluding carboxylic acids is 2. The van der Waals surface area contributed by atoms with E-state index >= 15 is 0 Å². The molecule has 1 aliphatic rings. The van der Waals surface area contributed by atoms with Gasteiger partial charge >= 0.3 is 0 Å². The molecule has 3 rings (SSSR count). The lowest BCUT2D eigenvalue weighted by Gasteiger charge is -2.33. The van der Waals surface area contributed by atoms with Crippen LogP contribution in [0, 0.1) is 5.82 Å². The van der Waals surface area contributed by atoms with Crippen molar-refractivity contribution in [3.63, 3.8) is 0 Å². The highest BCUT2D eigenvalue weighted by molar-refractivity contribution is 5.91. The SMILES string of the molecule is C=CCNC(=O)CN1CCN(C(=O)/C=C/c2ccc(Oc3cccnc3)c(F)c2)CC1. The van der Waals surface area contributed by atoms with Crippen LogP contribution in [-0.2, 0) is 9.59 Å². The average Bonchev–Trinajstić information content (AvgIpc) is 2.79. The molecule has 1 N–H and O–H groups in total. The lowest BCUT2D eigenvalue weighted by atomic mass is 10.2. The van der Waals surface area contributed by atoms with Crippen LogP contribution in [0.1, 0.15) is 5.56 Å². The number of halogens is 1. The highest BCUT2D eigenvalue weighted by Crippen LogP contribution is 2.24. The third kappa shape index (κ3) is 6.75. The van der Waals surface area contributed by atoms with E-state index in [0.29, 0.717) is 50.6 Å². The highest BCUT2D eigenvalue weighted by atomic mass is 19.1. The van der Waals surface area contributed by atoms with Crippen molar-refractivity contribution in [1.82, 2.24) is 20.1 Å². The number of hydrogen-bond acceptors (Lipinski definition) is 5. The van der Waals surface area contributed by atoms with Crippen LogP contribution in [0.4, 0.5) is 4.39 Å². The van der Waals surface area contributed by atoms with Crippen molar-refractivity contribution >= 4 is 17.9 Å². The molecule has 2 aromatic rings. The Labute approximate surface area is 180 Å². The molecule has 0 saturated carbocycles. The van der Waals surface area contributed by atoms with Crippen LogP contribution in [0.25, 0.3) is 6.08 Å². The monoisotopic (exact) mass is 424 g/mol. The van der Waals surface area contributed by atoms with Gasteiger partial charge in [-0.1, -0.05) is 12.1 Å². The molecule has 1 fully saturated rings. The first-order valence-electron chi connectivity index (χ1n) is 9.99. The maximum Gasteiger partial charge on any atom is 0.246 e. The zero-order chi connectivity index (χ0) is 22.1. The maximum atomic E-state index is 14.3. The molecule has 7 nitrogen and oxygen atoms in total. The first-order chi connectivity index (χ1) is 15.0. The third-order valence-corrected chi connectivity index (χ3v) is 4.73. The number of nitrogens with one attached hydrogen (secondary N) is 1. The van der Waals surface area contributed by atoms with Crippen molar-refractivity contribution in [2.24, 2.45) is 0 Å². The molecular weight excluding hydrogens is 399 g/mol. The van der Waals surface area contributed by atoms with Crippen LogP contribution in [0.15, 0.2) is 61.5 Å². The van der Waals surface area contributed by atoms with Gasteiger partial charge in [-0.15, -0.1) is 6.58 Å². The topological polar surface area (TPSA) is 74.8 Å². The van der Waals surface area contributed by atoms with Crippen molar-refractivity contribution in [3.8, 4) is 11.5 Å². The molecule has 8 heteroatoms. The standard InChI is InChI=1S/C23H25FN4O3/c1-2-9-26-22(29)17-27-11-13-28(14-12-27)23(30)8-6-18-5-7-21(20(24)15-18)31-19-4-3-10-25-16-19/h2-8,10,15-16H,1,9,11-14,17H2,(H,26,29)/b8-6+. The molecule has 1 aromatic carbocycles. The fraction of sp³-hybridized carbons (Fsp3) is 0.261. The summed E-state index contributed by atoms with van der Waals surface area (Å²) in [6.45, 7) is 6.62. The van der Waals surface area contributed by atoms with E-state index in [1.807, 2.05) is 4.90 Å². The zero-order valence-electron chi connectivity index (χ0n) is 17.2. The number of ether oxygens (including phenoxy) is 1. The molecule has 1 aromatic heterocycles. The Morgan fingerprint density at radius 1 is 1.23 bits per heavy atom. The number of piperazine rings is 1. The summed E-state index contributed by atoms with van der Waals surface area (Å²) in [5, 5.41) is 2.74. The number of amides is 2. The molecule has 0 aliphatic carbocycles. The predicted molar refractivity (Wildman–Crippen MR) is 116 cm³/mol. The fourth-order valence-corrected chi connectivity index (χ4v) is 3.08. The molecule has 2 heterocycles. The minimum atomic E-state index is -0.526. The summed E-state index contributed by atoms with van der Waals surface area (Å²) >= 11 is 0. The lowest BCUT2D eigenvalue weighted by molar-refractivity contribution is -0.128. The molecule has 0 atom stereocenters. The van der Waals surface area contributed by atoms with Crippen molar-refractivity contribution in [3.05, 3.63) is 72.8 Å². The largest absolute Gasteiger partial charge is 0.453 e. The van der Waals surface area contributed by atoms with E-state index in [1.165, 1.54) is 24.4 Å². The molecule has 1 saturated heterocycles. The predicted octanol–water partition coefficient (Wildman–Crippen LogP) is 2.47. The van der Waals surface area contributed by atoms with Gasteiger partial charge in [-0.05, 0) is 35.9 Å². The molecule has 0 spiro atoms. The van der Waals surface area contributed by atoms with E-state index in [1.54, 1.807) is 41.4 Å². The van der Waals surface area contributed by atoms with E-state index in [2.05, 4.69) is 16.9 Å². The molecule has 2 amide bonds. The number of carbonyl (C=O) groups is 2. The highest BCUT2D eigenvalue weighted by Gasteiger charge is 2.21. The van der Waals surface area contributed by atoms with Crippen molar-refractivity contribution < 1.29 is 18.7 Å². The molecular formula is C23H25FN4O3. The first kappa shape index (κ1) is 22.2. The van der Waals surface area contributed by atoms with Gasteiger partial charge in [-0.3, -0.25) is 19.5 Å². The third-order valence-electron chi connectivity index (χ3n) is 4.73. The smallest absolute Gasteiger partial charge is 0.246 e. The van der Waals surface area contributed by atoms with E-state index in [9.17, 15) is 14.0 Å². The Bertz CT molecular complexity index is 941. The van der Waals surface area contributed by atoms with Gasteiger partial charge in [0.05, 0.1) is 12.7 Å². The van der Waals surface area contributed by atoms with Crippen molar-refractivity contribution in [2.75, 3.05) is 39.3 Å².